The molecule has 0 radical (unpaired) electrons. The SMILES string of the molecule is CCCN(CCCOCCCNC)Cc1ccccc1. The molecule has 0 atom stereocenters. The Morgan fingerprint density at radius 2 is 1.80 bits per heavy atom. The zero-order chi connectivity index (χ0) is 14.5. The van der Waals surface area contributed by atoms with Crippen LogP contribution in [-0.4, -0.2) is 44.8 Å². The Balaban J connectivity index is 2.15. The fourth-order valence-electron chi connectivity index (χ4n) is 2.27. The third kappa shape index (κ3) is 8.31. The fourth-order valence-corrected chi connectivity index (χ4v) is 2.27. The molecular formula is C17H30N2O. The van der Waals surface area contributed by atoms with E-state index in [1.54, 1.807) is 0 Å². The molecule has 1 aromatic rings. The molecule has 0 aliphatic carbocycles. The summed E-state index contributed by atoms with van der Waals surface area (Å²) in [7, 11) is 1.98. The number of ether oxygens (including phenoxy) is 1. The normalized spacial score (nSPS) is 11.2. The molecule has 1 rings (SSSR count). The summed E-state index contributed by atoms with van der Waals surface area (Å²) < 4.78 is 5.65. The van der Waals surface area contributed by atoms with E-state index in [1.807, 2.05) is 7.05 Å². The molecule has 3 nitrogen and oxygen atoms in total. The van der Waals surface area contributed by atoms with Crippen LogP contribution in [0.1, 0.15) is 31.7 Å². The number of benzene rings is 1. The van der Waals surface area contributed by atoms with Crippen LogP contribution in [0.5, 0.6) is 0 Å². The molecule has 0 spiro atoms. The summed E-state index contributed by atoms with van der Waals surface area (Å²) in [4.78, 5) is 2.52. The van der Waals surface area contributed by atoms with Crippen molar-refractivity contribution in [2.45, 2.75) is 32.7 Å². The third-order valence-corrected chi connectivity index (χ3v) is 3.27. The molecule has 0 bridgehead atoms. The van der Waals surface area contributed by atoms with Gasteiger partial charge >= 0.3 is 0 Å². The van der Waals surface area contributed by atoms with Crippen molar-refractivity contribution >= 4 is 0 Å². The first-order chi connectivity index (χ1) is 9.86. The Kier molecular flexibility index (Phi) is 10.2. The van der Waals surface area contributed by atoms with Gasteiger partial charge in [-0.15, -0.1) is 0 Å². The van der Waals surface area contributed by atoms with Gasteiger partial charge in [-0.3, -0.25) is 4.90 Å². The van der Waals surface area contributed by atoms with E-state index in [0.717, 1.165) is 52.2 Å². The average molecular weight is 278 g/mol. The van der Waals surface area contributed by atoms with E-state index in [2.05, 4.69) is 47.5 Å². The van der Waals surface area contributed by atoms with E-state index < -0.39 is 0 Å². The number of hydrogen-bond acceptors (Lipinski definition) is 3. The lowest BCUT2D eigenvalue weighted by Gasteiger charge is -2.21. The van der Waals surface area contributed by atoms with Gasteiger partial charge in [-0.25, -0.2) is 0 Å². The van der Waals surface area contributed by atoms with Crippen LogP contribution < -0.4 is 5.32 Å². The fraction of sp³-hybridized carbons (Fsp3) is 0.647. The maximum Gasteiger partial charge on any atom is 0.0478 e. The van der Waals surface area contributed by atoms with Crippen molar-refractivity contribution in [1.29, 1.82) is 0 Å². The Bertz CT molecular complexity index is 316. The molecule has 0 amide bonds. The smallest absolute Gasteiger partial charge is 0.0478 e. The predicted molar refractivity (Wildman–Crippen MR) is 86.0 cm³/mol. The van der Waals surface area contributed by atoms with Gasteiger partial charge in [0, 0.05) is 26.3 Å². The highest BCUT2D eigenvalue weighted by Gasteiger charge is 2.04. The minimum absolute atomic E-state index is 0.868. The number of rotatable bonds is 12. The van der Waals surface area contributed by atoms with E-state index in [0.29, 0.717) is 0 Å². The summed E-state index contributed by atoms with van der Waals surface area (Å²) in [6.45, 7) is 8.35. The minimum atomic E-state index is 0.868. The van der Waals surface area contributed by atoms with E-state index >= 15 is 0 Å². The summed E-state index contributed by atoms with van der Waals surface area (Å²) in [5.74, 6) is 0. The topological polar surface area (TPSA) is 24.5 Å². The zero-order valence-electron chi connectivity index (χ0n) is 13.1. The lowest BCUT2D eigenvalue weighted by molar-refractivity contribution is 0.117. The highest BCUT2D eigenvalue weighted by atomic mass is 16.5. The molecule has 0 fully saturated rings. The lowest BCUT2D eigenvalue weighted by Crippen LogP contribution is -2.26. The van der Waals surface area contributed by atoms with Crippen molar-refractivity contribution in [3.05, 3.63) is 35.9 Å². The molecule has 0 aliphatic heterocycles. The largest absolute Gasteiger partial charge is 0.381 e. The second-order valence-electron chi connectivity index (χ2n) is 5.18. The van der Waals surface area contributed by atoms with Gasteiger partial charge in [-0.2, -0.15) is 0 Å². The van der Waals surface area contributed by atoms with E-state index in [1.165, 1.54) is 12.0 Å². The predicted octanol–water partition coefficient (Wildman–Crippen LogP) is 2.91. The van der Waals surface area contributed by atoms with Crippen molar-refractivity contribution in [1.82, 2.24) is 10.2 Å². The lowest BCUT2D eigenvalue weighted by atomic mass is 10.2. The van der Waals surface area contributed by atoms with Crippen LogP contribution in [0.3, 0.4) is 0 Å². The Labute approximate surface area is 124 Å². The Morgan fingerprint density at radius 1 is 1.05 bits per heavy atom. The first kappa shape index (κ1) is 17.2. The summed E-state index contributed by atoms with van der Waals surface area (Å²) >= 11 is 0. The maximum atomic E-state index is 5.65. The van der Waals surface area contributed by atoms with Crippen molar-refractivity contribution in [3.63, 3.8) is 0 Å². The molecule has 0 saturated heterocycles. The van der Waals surface area contributed by atoms with Crippen LogP contribution in [-0.2, 0) is 11.3 Å². The van der Waals surface area contributed by atoms with Crippen molar-refractivity contribution in [3.8, 4) is 0 Å². The molecule has 0 aliphatic rings. The number of hydrogen-bond donors (Lipinski definition) is 1. The second-order valence-corrected chi connectivity index (χ2v) is 5.18. The average Bonchev–Trinajstić information content (AvgIpc) is 2.47. The Hall–Kier alpha value is -0.900. The summed E-state index contributed by atoms with van der Waals surface area (Å²) in [6, 6.07) is 10.7. The molecule has 0 saturated carbocycles. The second kappa shape index (κ2) is 11.9. The highest BCUT2D eigenvalue weighted by molar-refractivity contribution is 5.14. The van der Waals surface area contributed by atoms with E-state index in [-0.39, 0.29) is 0 Å². The van der Waals surface area contributed by atoms with Gasteiger partial charge in [0.15, 0.2) is 0 Å². The molecule has 114 valence electrons. The first-order valence-electron chi connectivity index (χ1n) is 7.85. The van der Waals surface area contributed by atoms with Gasteiger partial charge in [0.1, 0.15) is 0 Å². The molecule has 20 heavy (non-hydrogen) atoms. The molecule has 1 aromatic carbocycles. The summed E-state index contributed by atoms with van der Waals surface area (Å²) in [5.41, 5.74) is 1.40. The molecule has 0 unspecified atom stereocenters. The monoisotopic (exact) mass is 278 g/mol. The summed E-state index contributed by atoms with van der Waals surface area (Å²) in [5, 5.41) is 3.13. The molecule has 0 aromatic heterocycles. The molecule has 1 N–H and O–H groups in total. The van der Waals surface area contributed by atoms with Gasteiger partial charge in [0.25, 0.3) is 0 Å². The van der Waals surface area contributed by atoms with Crippen LogP contribution >= 0.6 is 0 Å². The van der Waals surface area contributed by atoms with Crippen LogP contribution in [0.2, 0.25) is 0 Å². The van der Waals surface area contributed by atoms with Gasteiger partial charge in [-0.05, 0) is 45.0 Å². The van der Waals surface area contributed by atoms with Crippen molar-refractivity contribution in [2.75, 3.05) is 39.9 Å². The van der Waals surface area contributed by atoms with Crippen molar-refractivity contribution in [2.24, 2.45) is 0 Å². The van der Waals surface area contributed by atoms with Crippen LogP contribution in [0, 0.1) is 0 Å². The molecule has 3 heteroatoms. The number of nitrogens with one attached hydrogen (secondary N) is 1. The van der Waals surface area contributed by atoms with E-state index in [4.69, 9.17) is 4.74 Å². The van der Waals surface area contributed by atoms with E-state index in [9.17, 15) is 0 Å². The zero-order valence-corrected chi connectivity index (χ0v) is 13.1. The minimum Gasteiger partial charge on any atom is -0.381 e. The van der Waals surface area contributed by atoms with Gasteiger partial charge < -0.3 is 10.1 Å². The standard InChI is InChI=1S/C17H30N2O/c1-3-12-19(16-17-9-5-4-6-10-17)13-8-15-20-14-7-11-18-2/h4-6,9-10,18H,3,7-8,11-16H2,1-2H3. The highest BCUT2D eigenvalue weighted by Crippen LogP contribution is 2.05. The van der Waals surface area contributed by atoms with Gasteiger partial charge in [0.2, 0.25) is 0 Å². The van der Waals surface area contributed by atoms with Crippen LogP contribution in [0.25, 0.3) is 0 Å². The summed E-state index contributed by atoms with van der Waals surface area (Å²) in [6.07, 6.45) is 3.42. The van der Waals surface area contributed by atoms with Gasteiger partial charge in [-0.1, -0.05) is 37.3 Å². The molecule has 0 heterocycles. The van der Waals surface area contributed by atoms with Gasteiger partial charge in [0.05, 0.1) is 0 Å². The molecular weight excluding hydrogens is 248 g/mol. The van der Waals surface area contributed by atoms with Crippen LogP contribution in [0.15, 0.2) is 30.3 Å². The van der Waals surface area contributed by atoms with Crippen molar-refractivity contribution < 1.29 is 4.74 Å². The first-order valence-corrected chi connectivity index (χ1v) is 7.85. The quantitative estimate of drug-likeness (QED) is 0.595. The third-order valence-electron chi connectivity index (χ3n) is 3.27. The Morgan fingerprint density at radius 3 is 2.50 bits per heavy atom. The maximum absolute atomic E-state index is 5.65. The van der Waals surface area contributed by atoms with Crippen LogP contribution in [0.4, 0.5) is 0 Å². The number of nitrogens with zero attached hydrogens (tertiary/aromatic N) is 1.